The van der Waals surface area contributed by atoms with Crippen molar-refractivity contribution in [2.24, 2.45) is 0 Å². The minimum atomic E-state index is -4.25. The number of sulfonamides is 1. The number of benzene rings is 3. The third kappa shape index (κ3) is 7.67. The van der Waals surface area contributed by atoms with E-state index in [0.29, 0.717) is 15.6 Å². The van der Waals surface area contributed by atoms with Crippen LogP contribution in [-0.4, -0.2) is 43.8 Å². The second kappa shape index (κ2) is 13.7. The summed E-state index contributed by atoms with van der Waals surface area (Å²) in [7, 11) is -4.25. The van der Waals surface area contributed by atoms with Gasteiger partial charge in [-0.15, -0.1) is 0 Å². The van der Waals surface area contributed by atoms with Gasteiger partial charge in [0.1, 0.15) is 12.6 Å². The fourth-order valence-corrected chi connectivity index (χ4v) is 7.21. The first-order chi connectivity index (χ1) is 19.5. The summed E-state index contributed by atoms with van der Waals surface area (Å²) in [6.45, 7) is 0.836. The average Bonchev–Trinajstić information content (AvgIpc) is 3.44. The molecule has 1 N–H and O–H groups in total. The van der Waals surface area contributed by atoms with E-state index in [2.05, 4.69) is 5.32 Å². The Labute approximate surface area is 260 Å². The Morgan fingerprint density at radius 1 is 0.902 bits per heavy atom. The number of hydrogen-bond acceptors (Lipinski definition) is 4. The highest BCUT2D eigenvalue weighted by atomic mass is 35.5. The maximum atomic E-state index is 14.1. The molecule has 0 unspecified atom stereocenters. The molecule has 0 saturated heterocycles. The Bertz CT molecular complexity index is 1480. The summed E-state index contributed by atoms with van der Waals surface area (Å²) in [5, 5.41) is 4.03. The molecule has 41 heavy (non-hydrogen) atoms. The third-order valence-electron chi connectivity index (χ3n) is 7.00. The largest absolute Gasteiger partial charge is 0.352 e. The number of halogens is 4. The normalized spacial score (nSPS) is 14.5. The van der Waals surface area contributed by atoms with Crippen LogP contribution in [0.5, 0.6) is 0 Å². The van der Waals surface area contributed by atoms with E-state index in [0.717, 1.165) is 30.0 Å². The molecule has 1 aliphatic carbocycles. The molecular formula is C29H29Cl4N3O4S. The third-order valence-corrected chi connectivity index (χ3v) is 9.94. The molecule has 0 radical (unpaired) electrons. The van der Waals surface area contributed by atoms with Crippen LogP contribution in [0.15, 0.2) is 71.6 Å². The average molecular weight is 657 g/mol. The molecule has 0 aliphatic heterocycles. The lowest BCUT2D eigenvalue weighted by Gasteiger charge is -2.33. The minimum Gasteiger partial charge on any atom is -0.352 e. The van der Waals surface area contributed by atoms with Crippen molar-refractivity contribution in [2.75, 3.05) is 10.8 Å². The Hall–Kier alpha value is -2.49. The van der Waals surface area contributed by atoms with E-state index < -0.39 is 28.5 Å². The molecule has 1 fully saturated rings. The molecule has 12 heteroatoms. The van der Waals surface area contributed by atoms with E-state index in [1.807, 2.05) is 0 Å². The van der Waals surface area contributed by atoms with Gasteiger partial charge in [-0.05, 0) is 62.2 Å². The summed E-state index contributed by atoms with van der Waals surface area (Å²) < 4.78 is 28.7. The molecule has 0 aromatic heterocycles. The van der Waals surface area contributed by atoms with E-state index in [-0.39, 0.29) is 39.1 Å². The van der Waals surface area contributed by atoms with E-state index in [1.165, 1.54) is 35.2 Å². The first kappa shape index (κ1) is 31.4. The van der Waals surface area contributed by atoms with Gasteiger partial charge in [-0.25, -0.2) is 8.42 Å². The molecule has 0 bridgehead atoms. The number of carbonyl (C=O) groups excluding carboxylic acids is 2. The lowest BCUT2D eigenvalue weighted by atomic mass is 10.1. The highest BCUT2D eigenvalue weighted by Gasteiger charge is 2.34. The number of nitrogens with zero attached hydrogens (tertiary/aromatic N) is 2. The molecule has 4 rings (SSSR count). The van der Waals surface area contributed by atoms with Gasteiger partial charge < -0.3 is 10.2 Å². The molecular weight excluding hydrogens is 628 g/mol. The highest BCUT2D eigenvalue weighted by molar-refractivity contribution is 7.92. The maximum absolute atomic E-state index is 14.1. The van der Waals surface area contributed by atoms with Gasteiger partial charge in [0.25, 0.3) is 10.0 Å². The molecule has 3 aromatic carbocycles. The summed E-state index contributed by atoms with van der Waals surface area (Å²) in [6, 6.07) is 16.0. The van der Waals surface area contributed by atoms with Gasteiger partial charge in [-0.1, -0.05) is 83.5 Å². The molecule has 2 amide bonds. The van der Waals surface area contributed by atoms with Crippen LogP contribution in [-0.2, 0) is 26.2 Å². The van der Waals surface area contributed by atoms with E-state index in [1.54, 1.807) is 43.3 Å². The van der Waals surface area contributed by atoms with Gasteiger partial charge in [0.2, 0.25) is 11.8 Å². The SMILES string of the molecule is C[C@H](C(=O)NC1CCCC1)N(Cc1c(Cl)cccc1Cl)C(=O)CN(c1cc(Cl)cc(Cl)c1)S(=O)(=O)c1ccccc1. The van der Waals surface area contributed by atoms with Crippen molar-refractivity contribution in [1.82, 2.24) is 10.2 Å². The Morgan fingerprint density at radius 3 is 2.07 bits per heavy atom. The number of nitrogens with one attached hydrogen (secondary N) is 1. The first-order valence-corrected chi connectivity index (χ1v) is 16.0. The second-order valence-electron chi connectivity index (χ2n) is 9.84. The van der Waals surface area contributed by atoms with Crippen LogP contribution in [0.4, 0.5) is 5.69 Å². The van der Waals surface area contributed by atoms with Crippen LogP contribution in [0.1, 0.15) is 38.2 Å². The van der Waals surface area contributed by atoms with E-state index in [9.17, 15) is 18.0 Å². The number of anilines is 1. The van der Waals surface area contributed by atoms with Crippen LogP contribution in [0.3, 0.4) is 0 Å². The number of amides is 2. The number of hydrogen-bond donors (Lipinski definition) is 1. The predicted octanol–water partition coefficient (Wildman–Crippen LogP) is 6.97. The van der Waals surface area contributed by atoms with Crippen LogP contribution in [0, 0.1) is 0 Å². The van der Waals surface area contributed by atoms with Crippen LogP contribution in [0.2, 0.25) is 20.1 Å². The van der Waals surface area contributed by atoms with Crippen LogP contribution < -0.4 is 9.62 Å². The van der Waals surface area contributed by atoms with Crippen LogP contribution >= 0.6 is 46.4 Å². The van der Waals surface area contributed by atoms with E-state index in [4.69, 9.17) is 46.4 Å². The molecule has 1 atom stereocenters. The molecule has 7 nitrogen and oxygen atoms in total. The van der Waals surface area contributed by atoms with Crippen LogP contribution in [0.25, 0.3) is 0 Å². The van der Waals surface area contributed by atoms with Crippen molar-refractivity contribution in [3.05, 3.63) is 92.4 Å². The summed E-state index contributed by atoms with van der Waals surface area (Å²) in [5.74, 6) is -0.998. The fraction of sp³-hybridized carbons (Fsp3) is 0.310. The monoisotopic (exact) mass is 655 g/mol. The van der Waals surface area contributed by atoms with Gasteiger partial charge in [0, 0.05) is 38.2 Å². The highest BCUT2D eigenvalue weighted by Crippen LogP contribution is 2.31. The second-order valence-corrected chi connectivity index (χ2v) is 13.4. The zero-order chi connectivity index (χ0) is 29.7. The Balaban J connectivity index is 1.73. The molecule has 0 heterocycles. The van der Waals surface area contributed by atoms with Crippen molar-refractivity contribution in [3.8, 4) is 0 Å². The smallest absolute Gasteiger partial charge is 0.264 e. The fourth-order valence-electron chi connectivity index (χ4n) is 4.76. The molecule has 1 aliphatic rings. The summed E-state index contributed by atoms with van der Waals surface area (Å²) >= 11 is 25.3. The number of carbonyl (C=O) groups is 2. The summed E-state index contributed by atoms with van der Waals surface area (Å²) in [6.07, 6.45) is 3.76. The van der Waals surface area contributed by atoms with Gasteiger partial charge in [-0.3, -0.25) is 13.9 Å². The quantitative estimate of drug-likeness (QED) is 0.255. The zero-order valence-corrected chi connectivity index (χ0v) is 26.0. The molecule has 3 aromatic rings. The first-order valence-electron chi connectivity index (χ1n) is 13.0. The molecule has 0 spiro atoms. The van der Waals surface area contributed by atoms with Crippen molar-refractivity contribution < 1.29 is 18.0 Å². The topological polar surface area (TPSA) is 86.8 Å². The summed E-state index contributed by atoms with van der Waals surface area (Å²) in [5.41, 5.74) is 0.534. The lowest BCUT2D eigenvalue weighted by molar-refractivity contribution is -0.139. The van der Waals surface area contributed by atoms with Gasteiger partial charge in [-0.2, -0.15) is 0 Å². The van der Waals surface area contributed by atoms with Gasteiger partial charge >= 0.3 is 0 Å². The minimum absolute atomic E-state index is 0.0226. The maximum Gasteiger partial charge on any atom is 0.264 e. The van der Waals surface area contributed by atoms with E-state index >= 15 is 0 Å². The zero-order valence-electron chi connectivity index (χ0n) is 22.2. The summed E-state index contributed by atoms with van der Waals surface area (Å²) in [4.78, 5) is 28.7. The standard InChI is InChI=1S/C29H29Cl4N3O4S/c1-19(29(38)34-22-8-5-6-9-22)35(17-25-26(32)12-7-13-27(25)33)28(37)18-36(23-15-20(30)14-21(31)16-23)41(39,40)24-10-3-2-4-11-24/h2-4,7,10-16,19,22H,5-6,8-9,17-18H2,1H3,(H,34,38)/t19-/m1/s1. The molecule has 1 saturated carbocycles. The van der Waals surface area contributed by atoms with Gasteiger partial charge in [0.15, 0.2) is 0 Å². The number of rotatable bonds is 10. The van der Waals surface area contributed by atoms with Crippen molar-refractivity contribution in [2.45, 2.75) is 56.1 Å². The molecule has 218 valence electrons. The van der Waals surface area contributed by atoms with Crippen molar-refractivity contribution in [1.29, 1.82) is 0 Å². The van der Waals surface area contributed by atoms with Crippen molar-refractivity contribution >= 4 is 73.9 Å². The van der Waals surface area contributed by atoms with Gasteiger partial charge in [0.05, 0.1) is 10.6 Å². The Morgan fingerprint density at radius 2 is 1.49 bits per heavy atom. The Kier molecular flexibility index (Phi) is 10.5. The predicted molar refractivity (Wildman–Crippen MR) is 164 cm³/mol. The lowest BCUT2D eigenvalue weighted by Crippen LogP contribution is -2.52. The van der Waals surface area contributed by atoms with Crippen molar-refractivity contribution in [3.63, 3.8) is 0 Å².